The first-order valence-corrected chi connectivity index (χ1v) is 16.0. The van der Waals surface area contributed by atoms with Crippen LogP contribution < -0.4 is 0 Å². The van der Waals surface area contributed by atoms with E-state index in [4.69, 9.17) is 0 Å². The van der Waals surface area contributed by atoms with Gasteiger partial charge in [0.1, 0.15) is 5.60 Å². The summed E-state index contributed by atoms with van der Waals surface area (Å²) in [5.41, 5.74) is 0.666. The maximum Gasteiger partial charge on any atom is 0.115 e. The predicted molar refractivity (Wildman–Crippen MR) is 158 cm³/mol. The molecule has 0 heterocycles. The van der Waals surface area contributed by atoms with Crippen LogP contribution in [0.4, 0.5) is 0 Å². The maximum absolute atomic E-state index is 12.1. The molecule has 0 unspecified atom stereocenters. The number of benzene rings is 2. The summed E-state index contributed by atoms with van der Waals surface area (Å²) in [6, 6.07) is 20.1. The molecular formula is C36H50O4. The van der Waals surface area contributed by atoms with Gasteiger partial charge < -0.3 is 20.4 Å². The molecule has 4 aliphatic rings. The van der Waals surface area contributed by atoms with E-state index in [0.717, 1.165) is 62.5 Å². The molecule has 4 fully saturated rings. The van der Waals surface area contributed by atoms with Crippen LogP contribution in [0, 0.1) is 46.3 Å². The summed E-state index contributed by atoms with van der Waals surface area (Å²) in [5.74, 6) is 1.90. The summed E-state index contributed by atoms with van der Waals surface area (Å²) in [7, 11) is 0. The third-order valence-electron chi connectivity index (χ3n) is 13.0. The Balaban J connectivity index is 1.24. The average Bonchev–Trinajstić information content (AvgIpc) is 3.32. The Bertz CT molecular complexity index is 1110. The Morgan fingerprint density at radius 1 is 0.825 bits per heavy atom. The molecule has 4 aliphatic carbocycles. The van der Waals surface area contributed by atoms with Gasteiger partial charge in [0, 0.05) is 0 Å². The zero-order valence-corrected chi connectivity index (χ0v) is 24.6. The van der Waals surface area contributed by atoms with E-state index in [1.165, 1.54) is 0 Å². The fourth-order valence-electron chi connectivity index (χ4n) is 10.7. The number of rotatable bonds is 6. The van der Waals surface area contributed by atoms with Crippen LogP contribution in [0.15, 0.2) is 60.7 Å². The number of aliphatic hydroxyl groups excluding tert-OH is 3. The molecule has 4 N–H and O–H groups in total. The number of aliphatic hydroxyl groups is 4. The van der Waals surface area contributed by atoms with Crippen LogP contribution in [0.1, 0.15) is 89.7 Å². The monoisotopic (exact) mass is 546 g/mol. The number of fused-ring (bicyclic) bond motifs is 5. The van der Waals surface area contributed by atoms with Gasteiger partial charge in [-0.2, -0.15) is 0 Å². The maximum atomic E-state index is 12.1. The molecule has 0 aromatic heterocycles. The molecule has 0 radical (unpaired) electrons. The zero-order valence-electron chi connectivity index (χ0n) is 24.6. The minimum atomic E-state index is -1.05. The van der Waals surface area contributed by atoms with E-state index in [9.17, 15) is 20.4 Å². The summed E-state index contributed by atoms with van der Waals surface area (Å²) in [6.07, 6.45) is 6.85. The van der Waals surface area contributed by atoms with E-state index in [2.05, 4.69) is 20.8 Å². The van der Waals surface area contributed by atoms with Crippen LogP contribution in [0.3, 0.4) is 0 Å². The van der Waals surface area contributed by atoms with E-state index >= 15 is 0 Å². The third kappa shape index (κ3) is 4.40. The second kappa shape index (κ2) is 10.5. The van der Waals surface area contributed by atoms with Crippen molar-refractivity contribution in [1.29, 1.82) is 0 Å². The lowest BCUT2D eigenvalue weighted by Crippen LogP contribution is -2.62. The predicted octanol–water partition coefficient (Wildman–Crippen LogP) is 6.30. The van der Waals surface area contributed by atoms with Crippen molar-refractivity contribution < 1.29 is 20.4 Å². The molecule has 0 amide bonds. The second-order valence-electron chi connectivity index (χ2n) is 14.6. The Morgan fingerprint density at radius 3 is 2.08 bits per heavy atom. The number of hydrogen-bond donors (Lipinski definition) is 4. The molecule has 0 aliphatic heterocycles. The van der Waals surface area contributed by atoms with Crippen molar-refractivity contribution in [2.45, 2.75) is 102 Å². The highest BCUT2D eigenvalue weighted by Crippen LogP contribution is 2.68. The fraction of sp³-hybridized carbons (Fsp3) is 0.667. The van der Waals surface area contributed by atoms with Gasteiger partial charge in [0.15, 0.2) is 0 Å². The van der Waals surface area contributed by atoms with Gasteiger partial charge >= 0.3 is 0 Å². The molecule has 40 heavy (non-hydrogen) atoms. The Kier molecular flexibility index (Phi) is 7.47. The van der Waals surface area contributed by atoms with Crippen molar-refractivity contribution in [2.24, 2.45) is 46.3 Å². The Hall–Kier alpha value is -1.72. The molecule has 0 bridgehead atoms. The van der Waals surface area contributed by atoms with Crippen molar-refractivity contribution in [2.75, 3.05) is 0 Å². The van der Waals surface area contributed by atoms with Gasteiger partial charge in [-0.25, -0.2) is 0 Å². The molecule has 218 valence electrons. The Morgan fingerprint density at radius 2 is 1.45 bits per heavy atom. The third-order valence-corrected chi connectivity index (χ3v) is 13.0. The summed E-state index contributed by atoms with van der Waals surface area (Å²) in [6.45, 7) is 7.04. The lowest BCUT2D eigenvalue weighted by atomic mass is 9.43. The molecule has 4 saturated carbocycles. The molecule has 4 nitrogen and oxygen atoms in total. The van der Waals surface area contributed by atoms with Gasteiger partial charge in [0.2, 0.25) is 0 Å². The van der Waals surface area contributed by atoms with Crippen LogP contribution in [-0.4, -0.2) is 38.7 Å². The smallest absolute Gasteiger partial charge is 0.115 e. The molecule has 0 spiro atoms. The average molecular weight is 547 g/mol. The van der Waals surface area contributed by atoms with Crippen molar-refractivity contribution in [3.8, 4) is 0 Å². The van der Waals surface area contributed by atoms with Crippen molar-refractivity contribution in [1.82, 2.24) is 0 Å². The summed E-state index contributed by atoms with van der Waals surface area (Å²) in [5, 5.41) is 46.1. The van der Waals surface area contributed by atoms with Gasteiger partial charge in [-0.3, -0.25) is 0 Å². The lowest BCUT2D eigenvalue weighted by molar-refractivity contribution is -0.207. The van der Waals surface area contributed by atoms with Crippen LogP contribution in [0.25, 0.3) is 0 Å². The fourth-order valence-corrected chi connectivity index (χ4v) is 10.7. The van der Waals surface area contributed by atoms with Gasteiger partial charge in [0.05, 0.1) is 18.3 Å². The Labute approximate surface area is 240 Å². The van der Waals surface area contributed by atoms with E-state index in [1.54, 1.807) is 0 Å². The quantitative estimate of drug-likeness (QED) is 0.343. The van der Waals surface area contributed by atoms with Crippen LogP contribution in [0.5, 0.6) is 0 Å². The van der Waals surface area contributed by atoms with Gasteiger partial charge in [-0.1, -0.05) is 81.4 Å². The van der Waals surface area contributed by atoms with Crippen molar-refractivity contribution >= 4 is 0 Å². The summed E-state index contributed by atoms with van der Waals surface area (Å²) in [4.78, 5) is 0. The first-order chi connectivity index (χ1) is 19.1. The molecule has 11 atom stereocenters. The van der Waals surface area contributed by atoms with E-state index in [-0.39, 0.29) is 35.1 Å². The van der Waals surface area contributed by atoms with Crippen molar-refractivity contribution in [3.05, 3.63) is 71.8 Å². The normalized spacial score (nSPS) is 42.0. The van der Waals surface area contributed by atoms with Crippen LogP contribution in [-0.2, 0) is 5.60 Å². The molecule has 2 aromatic rings. The van der Waals surface area contributed by atoms with E-state index in [0.29, 0.717) is 36.0 Å². The van der Waals surface area contributed by atoms with Crippen molar-refractivity contribution in [3.63, 3.8) is 0 Å². The minimum absolute atomic E-state index is 0.0942. The number of hydrogen-bond acceptors (Lipinski definition) is 4. The molecule has 2 aromatic carbocycles. The van der Waals surface area contributed by atoms with Gasteiger partial charge in [-0.15, -0.1) is 0 Å². The molecule has 6 rings (SSSR count). The highest BCUT2D eigenvalue weighted by molar-refractivity contribution is 5.35. The zero-order chi connectivity index (χ0) is 28.3. The highest BCUT2D eigenvalue weighted by Gasteiger charge is 2.65. The SMILES string of the molecule is C[C@H](CCC(O)(c1ccccc1)c1ccccc1)[C@@H]1CC[C@@H]2[C@H]3[C@H](O)C[C@@H]4C[C@@H](O)CC[C@]4(C)[C@H]3C[C@@H](O)[C@@]21C. The first kappa shape index (κ1) is 28.4. The standard InChI is InChI=1S/C36H50O4/c1-23(16-19-36(40,24-10-6-4-7-11-24)25-12-8-5-9-13-25)28-14-15-29-33-30(22-32(39)35(28,29)3)34(2)18-17-27(37)20-26(34)21-31(33)38/h4-13,23,26-33,37-40H,14-22H2,1-3H3/t23-,26+,27+,28+,29-,30+,31-,32-,33-,34+,35-/m1/s1. The molecular weight excluding hydrogens is 496 g/mol. The van der Waals surface area contributed by atoms with Crippen LogP contribution in [0.2, 0.25) is 0 Å². The minimum Gasteiger partial charge on any atom is -0.393 e. The first-order valence-electron chi connectivity index (χ1n) is 16.0. The molecule has 0 saturated heterocycles. The topological polar surface area (TPSA) is 80.9 Å². The van der Waals surface area contributed by atoms with E-state index < -0.39 is 5.60 Å². The summed E-state index contributed by atoms with van der Waals surface area (Å²) < 4.78 is 0. The van der Waals surface area contributed by atoms with E-state index in [1.807, 2.05) is 60.7 Å². The largest absolute Gasteiger partial charge is 0.393 e. The second-order valence-corrected chi connectivity index (χ2v) is 14.6. The lowest BCUT2D eigenvalue weighted by Gasteiger charge is -2.63. The molecule has 4 heteroatoms. The van der Waals surface area contributed by atoms with Gasteiger partial charge in [-0.05, 0) is 115 Å². The van der Waals surface area contributed by atoms with Gasteiger partial charge in [0.25, 0.3) is 0 Å². The van der Waals surface area contributed by atoms with Crippen LogP contribution >= 0.6 is 0 Å². The highest BCUT2D eigenvalue weighted by atomic mass is 16.3. The summed E-state index contributed by atoms with van der Waals surface area (Å²) >= 11 is 0.